The molecule has 0 radical (unpaired) electrons. The first-order valence-corrected chi connectivity index (χ1v) is 4.85. The summed E-state index contributed by atoms with van der Waals surface area (Å²) in [5, 5.41) is 7.23. The number of aromatic nitrogens is 2. The first-order valence-electron chi connectivity index (χ1n) is 4.85. The molecular formula is C11H9F2N3O. The third-order valence-corrected chi connectivity index (χ3v) is 2.20. The maximum Gasteiger partial charge on any atom is 0.302 e. The van der Waals surface area contributed by atoms with Gasteiger partial charge in [-0.15, -0.1) is 5.10 Å². The van der Waals surface area contributed by atoms with Crippen LogP contribution < -0.4 is 10.9 Å². The second-order valence-electron chi connectivity index (χ2n) is 3.52. The van der Waals surface area contributed by atoms with Gasteiger partial charge in [-0.3, -0.25) is 4.79 Å². The summed E-state index contributed by atoms with van der Waals surface area (Å²) in [7, 11) is 0. The Balaban J connectivity index is 2.39. The number of H-pyrrole nitrogens is 1. The molecule has 0 aliphatic carbocycles. The van der Waals surface area contributed by atoms with Crippen LogP contribution in [0.5, 0.6) is 0 Å². The minimum Gasteiger partial charge on any atom is -0.349 e. The molecule has 2 aromatic rings. The Bertz CT molecular complexity index is 593. The van der Waals surface area contributed by atoms with Crippen LogP contribution in [0.25, 0.3) is 0 Å². The molecule has 0 amide bonds. The van der Waals surface area contributed by atoms with Gasteiger partial charge in [-0.2, -0.15) is 8.78 Å². The minimum atomic E-state index is -1.22. The van der Waals surface area contributed by atoms with Crippen molar-refractivity contribution in [1.29, 1.82) is 0 Å². The van der Waals surface area contributed by atoms with Crippen molar-refractivity contribution in [2.75, 3.05) is 5.32 Å². The van der Waals surface area contributed by atoms with E-state index in [1.54, 1.807) is 29.4 Å². The monoisotopic (exact) mass is 237 g/mol. The third kappa shape index (κ3) is 2.30. The molecule has 1 heterocycles. The molecule has 1 aromatic carbocycles. The van der Waals surface area contributed by atoms with Crippen molar-refractivity contribution < 1.29 is 8.78 Å². The Morgan fingerprint density at radius 3 is 2.53 bits per heavy atom. The van der Waals surface area contributed by atoms with Crippen LogP contribution in [0.15, 0.2) is 29.1 Å². The van der Waals surface area contributed by atoms with Crippen molar-refractivity contribution in [3.05, 3.63) is 51.9 Å². The molecule has 2 rings (SSSR count). The number of rotatable bonds is 2. The van der Waals surface area contributed by atoms with Crippen LogP contribution in [0.4, 0.5) is 20.2 Å². The van der Waals surface area contributed by atoms with Gasteiger partial charge in [0.1, 0.15) is 5.69 Å². The largest absolute Gasteiger partial charge is 0.349 e. The lowest BCUT2D eigenvalue weighted by Crippen LogP contribution is -2.17. The van der Waals surface area contributed by atoms with Crippen molar-refractivity contribution in [3.63, 3.8) is 0 Å². The molecule has 0 bridgehead atoms. The molecule has 0 unspecified atom stereocenters. The summed E-state index contributed by atoms with van der Waals surface area (Å²) < 4.78 is 26.6. The highest BCUT2D eigenvalue weighted by atomic mass is 19.1. The highest BCUT2D eigenvalue weighted by Crippen LogP contribution is 2.19. The zero-order valence-electron chi connectivity index (χ0n) is 8.92. The van der Waals surface area contributed by atoms with E-state index in [4.69, 9.17) is 0 Å². The number of hydrogen-bond acceptors (Lipinski definition) is 3. The summed E-state index contributed by atoms with van der Waals surface area (Å²) in [6, 6.07) is 6.85. The molecule has 0 fully saturated rings. The Hall–Kier alpha value is -2.24. The number of benzene rings is 1. The predicted molar refractivity (Wildman–Crippen MR) is 59.2 cm³/mol. The Kier molecular flexibility index (Phi) is 2.86. The van der Waals surface area contributed by atoms with Gasteiger partial charge in [0.25, 0.3) is 5.95 Å². The standard InChI is InChI=1S/C11H9F2N3O/c1-6-2-4-7(5-3-6)14-9-8(12)11(17)16-15-10(9)13/h2-5H,1H3,(H2,14,16,17). The number of anilines is 2. The number of halogens is 2. The van der Waals surface area contributed by atoms with Gasteiger partial charge >= 0.3 is 5.56 Å². The second-order valence-corrected chi connectivity index (χ2v) is 3.52. The van der Waals surface area contributed by atoms with Crippen molar-refractivity contribution in [1.82, 2.24) is 10.2 Å². The first-order chi connectivity index (χ1) is 8.08. The summed E-state index contributed by atoms with van der Waals surface area (Å²) in [6.07, 6.45) is 0. The highest BCUT2D eigenvalue weighted by molar-refractivity contribution is 5.59. The van der Waals surface area contributed by atoms with Crippen molar-refractivity contribution in [2.24, 2.45) is 0 Å². The van der Waals surface area contributed by atoms with Gasteiger partial charge in [-0.1, -0.05) is 17.7 Å². The van der Waals surface area contributed by atoms with Crippen LogP contribution in [0.3, 0.4) is 0 Å². The van der Waals surface area contributed by atoms with Crippen LogP contribution in [0.1, 0.15) is 5.56 Å². The lowest BCUT2D eigenvalue weighted by atomic mass is 10.2. The van der Waals surface area contributed by atoms with Gasteiger partial charge < -0.3 is 5.32 Å². The van der Waals surface area contributed by atoms with Crippen molar-refractivity contribution >= 4 is 11.4 Å². The van der Waals surface area contributed by atoms with Crippen molar-refractivity contribution in [2.45, 2.75) is 6.92 Å². The van der Waals surface area contributed by atoms with E-state index in [2.05, 4.69) is 10.4 Å². The van der Waals surface area contributed by atoms with E-state index in [0.29, 0.717) is 5.69 Å². The van der Waals surface area contributed by atoms with E-state index in [0.717, 1.165) is 5.56 Å². The third-order valence-electron chi connectivity index (χ3n) is 2.20. The molecule has 0 spiro atoms. The summed E-state index contributed by atoms with van der Waals surface area (Å²) in [5.74, 6) is -2.32. The van der Waals surface area contributed by atoms with Gasteiger partial charge in [0.2, 0.25) is 5.82 Å². The molecule has 0 aliphatic heterocycles. The van der Waals surface area contributed by atoms with Crippen LogP contribution >= 0.6 is 0 Å². The molecule has 0 saturated carbocycles. The topological polar surface area (TPSA) is 57.8 Å². The molecule has 0 atom stereocenters. The zero-order valence-corrected chi connectivity index (χ0v) is 8.92. The summed E-state index contributed by atoms with van der Waals surface area (Å²) >= 11 is 0. The molecule has 2 N–H and O–H groups in total. The first kappa shape index (κ1) is 11.3. The van der Waals surface area contributed by atoms with Crippen LogP contribution in [-0.2, 0) is 0 Å². The Morgan fingerprint density at radius 2 is 1.88 bits per heavy atom. The number of aryl methyl sites for hydroxylation is 1. The molecular weight excluding hydrogens is 228 g/mol. The number of nitrogens with one attached hydrogen (secondary N) is 2. The normalized spacial score (nSPS) is 10.3. The Morgan fingerprint density at radius 1 is 1.24 bits per heavy atom. The highest BCUT2D eigenvalue weighted by Gasteiger charge is 2.14. The molecule has 4 nitrogen and oxygen atoms in total. The minimum absolute atomic E-state index is 0.473. The van der Waals surface area contributed by atoms with Crippen LogP contribution in [0, 0.1) is 18.7 Å². The SMILES string of the molecule is Cc1ccc(Nc2c(F)n[nH]c(=O)c2F)cc1. The number of aromatic amines is 1. The van der Waals surface area contributed by atoms with Gasteiger partial charge in [0.15, 0.2) is 0 Å². The van der Waals surface area contributed by atoms with Crippen molar-refractivity contribution in [3.8, 4) is 0 Å². The van der Waals surface area contributed by atoms with E-state index >= 15 is 0 Å². The quantitative estimate of drug-likeness (QED) is 0.840. The molecule has 0 aliphatic rings. The van der Waals surface area contributed by atoms with E-state index in [1.165, 1.54) is 0 Å². The number of nitrogens with zero attached hydrogens (tertiary/aromatic N) is 1. The lowest BCUT2D eigenvalue weighted by molar-refractivity contribution is 0.527. The fourth-order valence-electron chi connectivity index (χ4n) is 1.30. The predicted octanol–water partition coefficient (Wildman–Crippen LogP) is 2.10. The summed E-state index contributed by atoms with van der Waals surface area (Å²) in [5.41, 5.74) is -0.139. The molecule has 6 heteroatoms. The lowest BCUT2D eigenvalue weighted by Gasteiger charge is -2.07. The number of hydrogen-bond donors (Lipinski definition) is 2. The fourth-order valence-corrected chi connectivity index (χ4v) is 1.30. The Labute approximate surface area is 95.3 Å². The van der Waals surface area contributed by atoms with E-state index in [1.807, 2.05) is 6.92 Å². The maximum atomic E-state index is 13.3. The van der Waals surface area contributed by atoms with Gasteiger partial charge in [0, 0.05) is 5.69 Å². The fraction of sp³-hybridized carbons (Fsp3) is 0.0909. The smallest absolute Gasteiger partial charge is 0.302 e. The molecule has 1 aromatic heterocycles. The molecule has 0 saturated heterocycles. The average molecular weight is 237 g/mol. The maximum absolute atomic E-state index is 13.3. The zero-order chi connectivity index (χ0) is 12.4. The van der Waals surface area contributed by atoms with E-state index in [-0.39, 0.29) is 0 Å². The molecule has 88 valence electrons. The van der Waals surface area contributed by atoms with Gasteiger partial charge in [-0.05, 0) is 19.1 Å². The van der Waals surface area contributed by atoms with Crippen LogP contribution in [-0.4, -0.2) is 10.2 Å². The van der Waals surface area contributed by atoms with Gasteiger partial charge in [-0.25, -0.2) is 5.10 Å². The summed E-state index contributed by atoms with van der Waals surface area (Å²) in [4.78, 5) is 10.9. The average Bonchev–Trinajstić information content (AvgIpc) is 2.32. The van der Waals surface area contributed by atoms with E-state index in [9.17, 15) is 13.6 Å². The van der Waals surface area contributed by atoms with Gasteiger partial charge in [0.05, 0.1) is 0 Å². The van der Waals surface area contributed by atoms with E-state index < -0.39 is 23.0 Å². The second kappa shape index (κ2) is 4.32. The van der Waals surface area contributed by atoms with Crippen LogP contribution in [0.2, 0.25) is 0 Å². The molecule has 17 heavy (non-hydrogen) atoms. The summed E-state index contributed by atoms with van der Waals surface area (Å²) in [6.45, 7) is 1.89.